The number of H-pyrrole nitrogens is 1. The highest BCUT2D eigenvalue weighted by Crippen LogP contribution is 2.25. The number of nitrogens with one attached hydrogen (secondary N) is 2. The third-order valence-corrected chi connectivity index (χ3v) is 4.37. The maximum Gasteiger partial charge on any atom is 0.324 e. The molecule has 0 spiro atoms. The predicted molar refractivity (Wildman–Crippen MR) is 103 cm³/mol. The van der Waals surface area contributed by atoms with E-state index >= 15 is 0 Å². The Morgan fingerprint density at radius 3 is 2.63 bits per heavy atom. The van der Waals surface area contributed by atoms with Crippen LogP contribution in [-0.2, 0) is 22.7 Å². The molecule has 0 saturated heterocycles. The molecule has 7 nitrogen and oxygen atoms in total. The largest absolute Gasteiger partial charge is 0.489 e. The van der Waals surface area contributed by atoms with Crippen molar-refractivity contribution < 1.29 is 14.4 Å². The lowest BCUT2D eigenvalue weighted by Gasteiger charge is -2.08. The number of carbonyl (C=O) groups excluding carboxylic acids is 1. The second kappa shape index (κ2) is 8.37. The van der Waals surface area contributed by atoms with Gasteiger partial charge in [0.15, 0.2) is 0 Å². The van der Waals surface area contributed by atoms with E-state index in [1.807, 2.05) is 36.5 Å². The summed E-state index contributed by atoms with van der Waals surface area (Å²) in [5, 5.41) is 8.49. The number of nitrogen functional groups attached to an aromatic ring is 1. The zero-order valence-electron chi connectivity index (χ0n) is 14.8. The van der Waals surface area contributed by atoms with Crippen molar-refractivity contribution >= 4 is 22.7 Å². The second-order valence-electron chi connectivity index (χ2n) is 6.26. The number of amidine groups is 1. The van der Waals surface area contributed by atoms with Crippen LogP contribution in [0.2, 0.25) is 0 Å². The van der Waals surface area contributed by atoms with E-state index in [9.17, 15) is 4.79 Å². The Morgan fingerprint density at radius 1 is 1.15 bits per heavy atom. The van der Waals surface area contributed by atoms with E-state index in [1.165, 1.54) is 0 Å². The van der Waals surface area contributed by atoms with Gasteiger partial charge in [-0.2, -0.15) is 5.90 Å². The minimum atomic E-state index is -0.408. The average molecular weight is 366 g/mol. The minimum absolute atomic E-state index is 0.0487. The molecular formula is C20H22N4O3. The monoisotopic (exact) mass is 366 g/mol. The summed E-state index contributed by atoms with van der Waals surface area (Å²) in [6.07, 6.45) is 3.64. The molecule has 6 N–H and O–H groups in total. The highest BCUT2D eigenvalue weighted by Gasteiger charge is 2.08. The van der Waals surface area contributed by atoms with E-state index in [4.69, 9.17) is 21.8 Å². The Morgan fingerprint density at radius 2 is 1.93 bits per heavy atom. The molecule has 0 atom stereocenters. The molecule has 3 aromatic rings. The van der Waals surface area contributed by atoms with E-state index in [1.54, 1.807) is 12.1 Å². The standard InChI is InChI=1S/C20H22N4O3/c21-20(22)14-6-4-13(5-7-14)12-26-16-8-9-18-17(10-16)15(11-24-18)2-1-3-19(25)27-23/h4-11,24H,1-3,12,23H2,(H3,21,22). The zero-order valence-corrected chi connectivity index (χ0v) is 14.8. The van der Waals surface area contributed by atoms with E-state index in [2.05, 4.69) is 9.82 Å². The maximum atomic E-state index is 11.1. The first kappa shape index (κ1) is 18.5. The van der Waals surface area contributed by atoms with Gasteiger partial charge in [-0.1, -0.05) is 24.3 Å². The summed E-state index contributed by atoms with van der Waals surface area (Å²) in [4.78, 5) is 18.6. The Hall–Kier alpha value is -3.32. The van der Waals surface area contributed by atoms with Crippen molar-refractivity contribution in [2.45, 2.75) is 25.9 Å². The molecule has 1 aromatic heterocycles. The van der Waals surface area contributed by atoms with Crippen LogP contribution in [-0.4, -0.2) is 16.8 Å². The molecule has 27 heavy (non-hydrogen) atoms. The van der Waals surface area contributed by atoms with Crippen LogP contribution in [0.25, 0.3) is 10.9 Å². The third-order valence-electron chi connectivity index (χ3n) is 4.37. The highest BCUT2D eigenvalue weighted by atomic mass is 16.7. The lowest BCUT2D eigenvalue weighted by atomic mass is 10.1. The average Bonchev–Trinajstić information content (AvgIpc) is 3.09. The van der Waals surface area contributed by atoms with Gasteiger partial charge in [-0.3, -0.25) is 10.2 Å². The summed E-state index contributed by atoms with van der Waals surface area (Å²) in [5.41, 5.74) is 9.28. The Bertz CT molecular complexity index is 948. The van der Waals surface area contributed by atoms with E-state index in [0.717, 1.165) is 34.2 Å². The minimum Gasteiger partial charge on any atom is -0.489 e. The molecule has 0 radical (unpaired) electrons. The van der Waals surface area contributed by atoms with Gasteiger partial charge in [-0.25, -0.2) is 0 Å². The van der Waals surface area contributed by atoms with Crippen LogP contribution in [0.1, 0.15) is 29.5 Å². The van der Waals surface area contributed by atoms with E-state index < -0.39 is 5.97 Å². The third kappa shape index (κ3) is 4.65. The molecule has 1 heterocycles. The first-order valence-corrected chi connectivity index (χ1v) is 8.62. The quantitative estimate of drug-likeness (QED) is 0.277. The number of fused-ring (bicyclic) bond motifs is 1. The molecule has 2 aromatic carbocycles. The zero-order chi connectivity index (χ0) is 19.2. The molecule has 0 aliphatic heterocycles. The fourth-order valence-corrected chi connectivity index (χ4v) is 2.88. The summed E-state index contributed by atoms with van der Waals surface area (Å²) in [7, 11) is 0. The van der Waals surface area contributed by atoms with Crippen molar-refractivity contribution in [3.8, 4) is 5.75 Å². The van der Waals surface area contributed by atoms with Crippen LogP contribution < -0.4 is 16.4 Å². The van der Waals surface area contributed by atoms with Crippen LogP contribution in [0.4, 0.5) is 0 Å². The van der Waals surface area contributed by atoms with Gasteiger partial charge < -0.3 is 20.3 Å². The molecule has 0 aliphatic carbocycles. The van der Waals surface area contributed by atoms with Crippen molar-refractivity contribution in [1.82, 2.24) is 4.98 Å². The van der Waals surface area contributed by atoms with Crippen LogP contribution in [0.5, 0.6) is 5.75 Å². The normalized spacial score (nSPS) is 10.7. The number of aromatic nitrogens is 1. The fraction of sp³-hybridized carbons (Fsp3) is 0.200. The van der Waals surface area contributed by atoms with Gasteiger partial charge in [0.1, 0.15) is 18.2 Å². The topological polar surface area (TPSA) is 127 Å². The summed E-state index contributed by atoms with van der Waals surface area (Å²) >= 11 is 0. The van der Waals surface area contributed by atoms with E-state index in [-0.39, 0.29) is 12.3 Å². The van der Waals surface area contributed by atoms with Crippen molar-refractivity contribution in [1.29, 1.82) is 5.41 Å². The number of aryl methyl sites for hydroxylation is 1. The van der Waals surface area contributed by atoms with Crippen molar-refractivity contribution in [2.24, 2.45) is 11.6 Å². The van der Waals surface area contributed by atoms with E-state index in [0.29, 0.717) is 18.6 Å². The molecule has 0 aliphatic rings. The van der Waals surface area contributed by atoms with Crippen LogP contribution in [0.15, 0.2) is 48.7 Å². The summed E-state index contributed by atoms with van der Waals surface area (Å²) in [5.74, 6) is 5.26. The molecule has 140 valence electrons. The Kier molecular flexibility index (Phi) is 5.73. The molecular weight excluding hydrogens is 344 g/mol. The second-order valence-corrected chi connectivity index (χ2v) is 6.26. The van der Waals surface area contributed by atoms with Crippen molar-refractivity contribution in [3.63, 3.8) is 0 Å². The van der Waals surface area contributed by atoms with Gasteiger partial charge >= 0.3 is 5.97 Å². The van der Waals surface area contributed by atoms with Gasteiger partial charge in [0.05, 0.1) is 0 Å². The summed E-state index contributed by atoms with van der Waals surface area (Å²) in [6.45, 7) is 0.422. The number of aromatic amines is 1. The highest BCUT2D eigenvalue weighted by molar-refractivity contribution is 5.94. The molecule has 0 bridgehead atoms. The Labute approximate surface area is 156 Å². The number of nitrogens with two attached hydrogens (primary N) is 2. The lowest BCUT2D eigenvalue weighted by molar-refractivity contribution is -0.144. The first-order chi connectivity index (χ1) is 13.1. The predicted octanol–water partition coefficient (Wildman–Crippen LogP) is 2.77. The van der Waals surface area contributed by atoms with Gasteiger partial charge in [-0.05, 0) is 42.2 Å². The number of carbonyl (C=O) groups is 1. The smallest absolute Gasteiger partial charge is 0.324 e. The van der Waals surface area contributed by atoms with Crippen LogP contribution in [0, 0.1) is 5.41 Å². The molecule has 3 rings (SSSR count). The van der Waals surface area contributed by atoms with Gasteiger partial charge in [0.25, 0.3) is 0 Å². The molecule has 0 amide bonds. The molecule has 0 saturated carbocycles. The van der Waals surface area contributed by atoms with Gasteiger partial charge in [0.2, 0.25) is 0 Å². The molecule has 7 heteroatoms. The summed E-state index contributed by atoms with van der Waals surface area (Å²) in [6, 6.07) is 13.3. The Balaban J connectivity index is 1.65. The maximum absolute atomic E-state index is 11.1. The van der Waals surface area contributed by atoms with Crippen LogP contribution in [0.3, 0.4) is 0 Å². The van der Waals surface area contributed by atoms with Gasteiger partial charge in [0, 0.05) is 29.1 Å². The summed E-state index contributed by atoms with van der Waals surface area (Å²) < 4.78 is 5.90. The SMILES string of the molecule is N=C(N)c1ccc(COc2ccc3[nH]cc(CCCC(=O)ON)c3c2)cc1. The molecule has 0 fully saturated rings. The van der Waals surface area contributed by atoms with Gasteiger partial charge in [-0.15, -0.1) is 0 Å². The van der Waals surface area contributed by atoms with Crippen LogP contribution >= 0.6 is 0 Å². The number of hydrogen-bond donors (Lipinski definition) is 4. The number of ether oxygens (including phenoxy) is 1. The number of hydrogen-bond acceptors (Lipinski definition) is 5. The number of rotatable bonds is 8. The fourth-order valence-electron chi connectivity index (χ4n) is 2.88. The lowest BCUT2D eigenvalue weighted by Crippen LogP contribution is -2.10. The van der Waals surface area contributed by atoms with Crippen molar-refractivity contribution in [2.75, 3.05) is 0 Å². The van der Waals surface area contributed by atoms with Crippen molar-refractivity contribution in [3.05, 3.63) is 65.4 Å². The first-order valence-electron chi connectivity index (χ1n) is 8.62. The number of benzene rings is 2. The molecule has 0 unspecified atom stereocenters.